The molecule has 0 aromatic carbocycles. The first-order valence-corrected chi connectivity index (χ1v) is 13.5. The molecule has 4 aliphatic carbocycles. The number of hydrogen-bond acceptors (Lipinski definition) is 1. The predicted molar refractivity (Wildman–Crippen MR) is 127 cm³/mol. The third kappa shape index (κ3) is 3.55. The zero-order valence-corrected chi connectivity index (χ0v) is 20.8. The molecule has 0 heterocycles. The minimum atomic E-state index is 0.189. The number of ketones is 1. The highest BCUT2D eigenvalue weighted by atomic mass is 16.1. The lowest BCUT2D eigenvalue weighted by Gasteiger charge is -2.57. The molecule has 170 valence electrons. The van der Waals surface area contributed by atoms with E-state index in [0.29, 0.717) is 11.2 Å². The van der Waals surface area contributed by atoms with Gasteiger partial charge in [0, 0.05) is 6.42 Å². The molecule has 1 heteroatoms. The molecule has 8 atom stereocenters. The quantitative estimate of drug-likeness (QED) is 0.429. The minimum Gasteiger partial charge on any atom is -0.295 e. The molecule has 1 nitrogen and oxygen atoms in total. The first-order chi connectivity index (χ1) is 14.2. The lowest BCUT2D eigenvalue weighted by Crippen LogP contribution is -2.51. The Morgan fingerprint density at radius 1 is 1.03 bits per heavy atom. The second-order valence-corrected chi connectivity index (χ2v) is 12.6. The van der Waals surface area contributed by atoms with Crippen LogP contribution in [0.1, 0.15) is 112 Å². The lowest BCUT2D eigenvalue weighted by molar-refractivity contribution is -0.121. The molecule has 0 radical (unpaired) electrons. The van der Waals surface area contributed by atoms with Crippen LogP contribution in [0, 0.1) is 52.3 Å². The van der Waals surface area contributed by atoms with Crippen LogP contribution in [0.5, 0.6) is 0 Å². The Morgan fingerprint density at radius 2 is 1.80 bits per heavy atom. The summed E-state index contributed by atoms with van der Waals surface area (Å²) in [5, 5.41) is 0. The molecule has 0 bridgehead atoms. The van der Waals surface area contributed by atoms with Crippen molar-refractivity contribution in [3.05, 3.63) is 11.6 Å². The number of Topliss-reactive ketones (excluding diaryl/α,β-unsaturated/α-hetero) is 1. The van der Waals surface area contributed by atoms with E-state index < -0.39 is 0 Å². The number of hydrogen-bond donors (Lipinski definition) is 0. The van der Waals surface area contributed by atoms with E-state index in [1.807, 2.05) is 0 Å². The Kier molecular flexibility index (Phi) is 6.33. The Morgan fingerprint density at radius 3 is 2.50 bits per heavy atom. The van der Waals surface area contributed by atoms with E-state index in [1.165, 1.54) is 63.4 Å². The van der Waals surface area contributed by atoms with E-state index in [2.05, 4.69) is 47.6 Å². The van der Waals surface area contributed by atoms with Gasteiger partial charge >= 0.3 is 0 Å². The molecule has 0 amide bonds. The fourth-order valence-electron chi connectivity index (χ4n) is 9.26. The van der Waals surface area contributed by atoms with E-state index in [9.17, 15) is 4.79 Å². The van der Waals surface area contributed by atoms with Crippen LogP contribution in [0.2, 0.25) is 0 Å². The van der Waals surface area contributed by atoms with Gasteiger partial charge in [0.2, 0.25) is 0 Å². The van der Waals surface area contributed by atoms with E-state index in [-0.39, 0.29) is 5.41 Å². The van der Waals surface area contributed by atoms with Crippen molar-refractivity contribution in [1.29, 1.82) is 0 Å². The minimum absolute atomic E-state index is 0.189. The van der Waals surface area contributed by atoms with Crippen molar-refractivity contribution >= 4 is 5.78 Å². The summed E-state index contributed by atoms with van der Waals surface area (Å²) in [5.74, 6) is 6.47. The van der Waals surface area contributed by atoms with E-state index >= 15 is 0 Å². The SMILES string of the molecule is CC[C@H](CC[C@@H](C)[C@H]1CC[C@H]2[C@@H]3CC=C4C(=O)CCC[C@]4(C)[C@H]3CC[C@]12C)C(C)C. The summed E-state index contributed by atoms with van der Waals surface area (Å²) in [7, 11) is 0. The molecular weight excluding hydrogens is 364 g/mol. The first-order valence-electron chi connectivity index (χ1n) is 13.5. The van der Waals surface area contributed by atoms with Gasteiger partial charge in [-0.15, -0.1) is 0 Å². The van der Waals surface area contributed by atoms with E-state index in [0.717, 1.165) is 54.3 Å². The summed E-state index contributed by atoms with van der Waals surface area (Å²) in [6.45, 7) is 14.9. The van der Waals surface area contributed by atoms with Crippen molar-refractivity contribution in [3.63, 3.8) is 0 Å². The van der Waals surface area contributed by atoms with Gasteiger partial charge in [-0.3, -0.25) is 4.79 Å². The zero-order valence-electron chi connectivity index (χ0n) is 20.8. The van der Waals surface area contributed by atoms with E-state index in [1.54, 1.807) is 0 Å². The average molecular weight is 413 g/mol. The van der Waals surface area contributed by atoms with Crippen LogP contribution in [0.3, 0.4) is 0 Å². The molecule has 0 saturated heterocycles. The number of rotatable bonds is 6. The molecule has 30 heavy (non-hydrogen) atoms. The van der Waals surface area contributed by atoms with Crippen LogP contribution >= 0.6 is 0 Å². The third-order valence-electron chi connectivity index (χ3n) is 11.1. The largest absolute Gasteiger partial charge is 0.295 e. The van der Waals surface area contributed by atoms with Crippen molar-refractivity contribution in [2.45, 2.75) is 112 Å². The van der Waals surface area contributed by atoms with Gasteiger partial charge < -0.3 is 0 Å². The van der Waals surface area contributed by atoms with E-state index in [4.69, 9.17) is 0 Å². The Balaban J connectivity index is 1.49. The molecule has 4 aliphatic rings. The predicted octanol–water partition coefficient (Wildman–Crippen LogP) is 8.23. The fraction of sp³-hybridized carbons (Fsp3) is 0.897. The molecule has 0 spiro atoms. The van der Waals surface area contributed by atoms with Crippen LogP contribution in [-0.4, -0.2) is 5.78 Å². The Hall–Kier alpha value is -0.590. The summed E-state index contributed by atoms with van der Waals surface area (Å²) in [5.41, 5.74) is 1.97. The van der Waals surface area contributed by atoms with Gasteiger partial charge in [0.25, 0.3) is 0 Å². The zero-order chi connectivity index (χ0) is 21.7. The maximum absolute atomic E-state index is 12.7. The highest BCUT2D eigenvalue weighted by Crippen LogP contribution is 2.67. The highest BCUT2D eigenvalue weighted by molar-refractivity contribution is 5.97. The molecule has 0 aliphatic heterocycles. The van der Waals surface area contributed by atoms with Crippen molar-refractivity contribution < 1.29 is 4.79 Å². The van der Waals surface area contributed by atoms with Crippen molar-refractivity contribution in [3.8, 4) is 0 Å². The fourth-order valence-corrected chi connectivity index (χ4v) is 9.26. The van der Waals surface area contributed by atoms with Crippen LogP contribution in [-0.2, 0) is 4.79 Å². The summed E-state index contributed by atoms with van der Waals surface area (Å²) < 4.78 is 0. The standard InChI is InChI=1S/C29H48O/c1-7-21(19(2)3)11-10-20(4)23-14-15-24-22-12-13-26-27(30)9-8-17-28(26,5)25(22)16-18-29(23,24)6/h13,19-25H,7-12,14-18H2,1-6H3/t20-,21-,22+,23-,24+,25+,28-,29-/m1/s1. The normalized spacial score (nSPS) is 42.9. The molecule has 0 aromatic rings. The van der Waals surface area contributed by atoms with Gasteiger partial charge in [-0.1, -0.05) is 60.5 Å². The molecule has 0 aromatic heterocycles. The smallest absolute Gasteiger partial charge is 0.159 e. The third-order valence-corrected chi connectivity index (χ3v) is 11.1. The highest BCUT2D eigenvalue weighted by Gasteiger charge is 2.59. The van der Waals surface area contributed by atoms with Gasteiger partial charge in [-0.2, -0.15) is 0 Å². The summed E-state index contributed by atoms with van der Waals surface area (Å²) in [6, 6.07) is 0. The Labute approximate surface area is 186 Å². The number of allylic oxidation sites excluding steroid dienone is 2. The van der Waals surface area contributed by atoms with Crippen LogP contribution in [0.15, 0.2) is 11.6 Å². The van der Waals surface area contributed by atoms with Gasteiger partial charge in [-0.25, -0.2) is 0 Å². The van der Waals surface area contributed by atoms with Gasteiger partial charge in [0.15, 0.2) is 5.78 Å². The van der Waals surface area contributed by atoms with Crippen LogP contribution < -0.4 is 0 Å². The molecule has 3 fully saturated rings. The van der Waals surface area contributed by atoms with Crippen LogP contribution in [0.4, 0.5) is 0 Å². The molecule has 0 N–H and O–H groups in total. The topological polar surface area (TPSA) is 17.1 Å². The first kappa shape index (κ1) is 22.6. The van der Waals surface area contributed by atoms with Gasteiger partial charge in [0.1, 0.15) is 0 Å². The molecule has 3 saturated carbocycles. The Bertz CT molecular complexity index is 674. The van der Waals surface area contributed by atoms with Crippen molar-refractivity contribution in [2.75, 3.05) is 0 Å². The van der Waals surface area contributed by atoms with Gasteiger partial charge in [-0.05, 0) is 109 Å². The molecule has 4 rings (SSSR count). The number of carbonyl (C=O) groups excluding carboxylic acids is 1. The molecular formula is C29H48O. The summed E-state index contributed by atoms with van der Waals surface area (Å²) in [4.78, 5) is 12.7. The molecule has 0 unspecified atom stereocenters. The van der Waals surface area contributed by atoms with Gasteiger partial charge in [0.05, 0.1) is 0 Å². The van der Waals surface area contributed by atoms with Crippen molar-refractivity contribution in [1.82, 2.24) is 0 Å². The van der Waals surface area contributed by atoms with Crippen LogP contribution in [0.25, 0.3) is 0 Å². The number of fused-ring (bicyclic) bond motifs is 5. The second kappa shape index (κ2) is 8.40. The second-order valence-electron chi connectivity index (χ2n) is 12.6. The van der Waals surface area contributed by atoms with Crippen molar-refractivity contribution in [2.24, 2.45) is 52.3 Å². The average Bonchev–Trinajstić information content (AvgIpc) is 3.05. The number of carbonyl (C=O) groups is 1. The summed E-state index contributed by atoms with van der Waals surface area (Å²) in [6.07, 6.45) is 16.6. The summed E-state index contributed by atoms with van der Waals surface area (Å²) >= 11 is 0. The maximum Gasteiger partial charge on any atom is 0.159 e. The lowest BCUT2D eigenvalue weighted by atomic mass is 9.47. The maximum atomic E-state index is 12.7. The monoisotopic (exact) mass is 412 g/mol.